The summed E-state index contributed by atoms with van der Waals surface area (Å²) in [5, 5.41) is 14.7. The lowest BCUT2D eigenvalue weighted by atomic mass is 9.66. The molecule has 5 nitrogen and oxygen atoms in total. The maximum Gasteiger partial charge on any atom is 0.203 e. The molecule has 3 atom stereocenters. The van der Waals surface area contributed by atoms with Crippen LogP contribution in [0.2, 0.25) is 0 Å². The number of fused-ring (bicyclic) bond motifs is 1. The second-order valence-electron chi connectivity index (χ2n) is 6.56. The largest absolute Gasteiger partial charge is 0.493 e. The molecule has 2 fully saturated rings. The van der Waals surface area contributed by atoms with Gasteiger partial charge in [-0.05, 0) is 37.9 Å². The van der Waals surface area contributed by atoms with Crippen molar-refractivity contribution in [2.75, 3.05) is 27.9 Å². The van der Waals surface area contributed by atoms with Crippen molar-refractivity contribution >= 4 is 12.4 Å². The Bertz CT molecular complexity index is 564. The van der Waals surface area contributed by atoms with Crippen LogP contribution in [0.1, 0.15) is 43.7 Å². The summed E-state index contributed by atoms with van der Waals surface area (Å²) in [5.41, 5.74) is 0.474. The van der Waals surface area contributed by atoms with E-state index in [2.05, 4.69) is 5.32 Å². The number of nitrogens with one attached hydrogen (secondary N) is 1. The summed E-state index contributed by atoms with van der Waals surface area (Å²) in [4.78, 5) is 0. The molecule has 0 aromatic heterocycles. The first kappa shape index (κ1) is 19.2. The number of methoxy groups -OCH3 is 3. The van der Waals surface area contributed by atoms with Crippen molar-refractivity contribution in [3.63, 3.8) is 0 Å². The van der Waals surface area contributed by atoms with Crippen LogP contribution in [0, 0.1) is 5.92 Å². The first-order valence-electron chi connectivity index (χ1n) is 8.39. The smallest absolute Gasteiger partial charge is 0.203 e. The lowest BCUT2D eigenvalue weighted by molar-refractivity contribution is -0.0863. The van der Waals surface area contributed by atoms with Gasteiger partial charge in [-0.2, -0.15) is 0 Å². The van der Waals surface area contributed by atoms with Gasteiger partial charge in [-0.3, -0.25) is 0 Å². The summed E-state index contributed by atoms with van der Waals surface area (Å²) in [6.07, 6.45) is 5.03. The maximum absolute atomic E-state index is 11.1. The van der Waals surface area contributed by atoms with E-state index in [0.29, 0.717) is 17.2 Å². The minimum absolute atomic E-state index is 0. The van der Waals surface area contributed by atoms with Crippen molar-refractivity contribution in [2.24, 2.45) is 5.92 Å². The van der Waals surface area contributed by atoms with Crippen LogP contribution in [-0.4, -0.2) is 38.6 Å². The van der Waals surface area contributed by atoms with Crippen molar-refractivity contribution in [1.82, 2.24) is 5.32 Å². The van der Waals surface area contributed by atoms with Crippen molar-refractivity contribution in [2.45, 2.75) is 43.7 Å². The molecule has 136 valence electrons. The van der Waals surface area contributed by atoms with E-state index in [1.54, 1.807) is 21.3 Å². The highest BCUT2D eigenvalue weighted by Crippen LogP contribution is 2.50. The van der Waals surface area contributed by atoms with Crippen LogP contribution in [0.15, 0.2) is 12.1 Å². The Morgan fingerprint density at radius 1 is 1.04 bits per heavy atom. The van der Waals surface area contributed by atoms with Gasteiger partial charge in [0.25, 0.3) is 0 Å². The summed E-state index contributed by atoms with van der Waals surface area (Å²) in [6, 6.07) is 4.01. The van der Waals surface area contributed by atoms with Gasteiger partial charge in [-0.1, -0.05) is 12.8 Å². The number of aliphatic hydroxyl groups is 1. The van der Waals surface area contributed by atoms with Crippen LogP contribution in [0.25, 0.3) is 0 Å². The number of ether oxygens (including phenoxy) is 3. The first-order chi connectivity index (χ1) is 11.1. The molecule has 1 aliphatic carbocycles. The number of piperidine rings is 1. The van der Waals surface area contributed by atoms with E-state index in [1.807, 2.05) is 12.1 Å². The Hall–Kier alpha value is -1.17. The highest BCUT2D eigenvalue weighted by Gasteiger charge is 2.46. The molecule has 1 aliphatic heterocycles. The molecule has 3 unspecified atom stereocenters. The van der Waals surface area contributed by atoms with Gasteiger partial charge in [-0.15, -0.1) is 12.4 Å². The topological polar surface area (TPSA) is 60.0 Å². The van der Waals surface area contributed by atoms with Crippen molar-refractivity contribution in [3.05, 3.63) is 17.7 Å². The standard InChI is InChI=1S/C18H27NO4.ClH/c1-21-14-8-7-12(16(22-2)17(14)23-3)15-13-6-4-5-9-18(13,20)10-11-19-15;/h7-8,13,15,19-20H,4-6,9-11H2,1-3H3;1H. The van der Waals surface area contributed by atoms with Crippen molar-refractivity contribution in [1.29, 1.82) is 0 Å². The van der Waals surface area contributed by atoms with Gasteiger partial charge >= 0.3 is 0 Å². The van der Waals surface area contributed by atoms with Gasteiger partial charge in [0.05, 0.1) is 26.9 Å². The lowest BCUT2D eigenvalue weighted by Gasteiger charge is -2.48. The average Bonchev–Trinajstić information content (AvgIpc) is 2.59. The molecule has 1 aromatic rings. The molecule has 0 bridgehead atoms. The van der Waals surface area contributed by atoms with E-state index in [-0.39, 0.29) is 24.4 Å². The molecule has 2 aliphatic rings. The number of hydrogen-bond donors (Lipinski definition) is 2. The quantitative estimate of drug-likeness (QED) is 0.867. The normalized spacial score (nSPS) is 29.2. The number of hydrogen-bond acceptors (Lipinski definition) is 5. The number of rotatable bonds is 4. The minimum atomic E-state index is -0.563. The van der Waals surface area contributed by atoms with Gasteiger partial charge < -0.3 is 24.6 Å². The van der Waals surface area contributed by atoms with E-state index < -0.39 is 5.60 Å². The van der Waals surface area contributed by atoms with Gasteiger partial charge in [0, 0.05) is 17.5 Å². The van der Waals surface area contributed by atoms with Crippen molar-refractivity contribution in [3.8, 4) is 17.2 Å². The predicted molar refractivity (Wildman–Crippen MR) is 95.6 cm³/mol. The predicted octanol–water partition coefficient (Wildman–Crippen LogP) is 3.09. The second kappa shape index (κ2) is 7.81. The van der Waals surface area contributed by atoms with E-state index >= 15 is 0 Å². The maximum atomic E-state index is 11.1. The Labute approximate surface area is 150 Å². The fraction of sp³-hybridized carbons (Fsp3) is 0.667. The highest BCUT2D eigenvalue weighted by molar-refractivity contribution is 5.85. The van der Waals surface area contributed by atoms with E-state index in [0.717, 1.165) is 37.8 Å². The number of halogens is 1. The van der Waals surface area contributed by atoms with Gasteiger partial charge in [0.15, 0.2) is 11.5 Å². The third kappa shape index (κ3) is 3.17. The average molecular weight is 358 g/mol. The summed E-state index contributed by atoms with van der Waals surface area (Å²) in [6.45, 7) is 0.815. The van der Waals surface area contributed by atoms with Crippen molar-refractivity contribution < 1.29 is 19.3 Å². The molecule has 6 heteroatoms. The van der Waals surface area contributed by atoms with Crippen LogP contribution in [0.4, 0.5) is 0 Å². The van der Waals surface area contributed by atoms with E-state index in [9.17, 15) is 5.11 Å². The molecule has 3 rings (SSSR count). The van der Waals surface area contributed by atoms with Crippen LogP contribution in [0.3, 0.4) is 0 Å². The molecule has 1 saturated carbocycles. The zero-order chi connectivity index (χ0) is 16.4. The zero-order valence-corrected chi connectivity index (χ0v) is 15.4. The fourth-order valence-corrected chi connectivity index (χ4v) is 4.32. The molecule has 1 aromatic carbocycles. The van der Waals surface area contributed by atoms with E-state index in [4.69, 9.17) is 14.2 Å². The Kier molecular flexibility index (Phi) is 6.23. The molecule has 24 heavy (non-hydrogen) atoms. The van der Waals surface area contributed by atoms with Crippen LogP contribution < -0.4 is 19.5 Å². The molecule has 2 N–H and O–H groups in total. The molecule has 1 saturated heterocycles. The van der Waals surface area contributed by atoms with E-state index in [1.165, 1.54) is 6.42 Å². The second-order valence-corrected chi connectivity index (χ2v) is 6.56. The molecule has 0 radical (unpaired) electrons. The summed E-state index contributed by atoms with van der Waals surface area (Å²) < 4.78 is 16.5. The molecule has 0 amide bonds. The highest BCUT2D eigenvalue weighted by atomic mass is 35.5. The van der Waals surface area contributed by atoms with Crippen LogP contribution in [-0.2, 0) is 0 Å². The summed E-state index contributed by atoms with van der Waals surface area (Å²) in [5.74, 6) is 2.17. The van der Waals surface area contributed by atoms with Gasteiger partial charge in [0.1, 0.15) is 0 Å². The molecule has 1 heterocycles. The fourth-order valence-electron chi connectivity index (χ4n) is 4.32. The van der Waals surface area contributed by atoms with Gasteiger partial charge in [0.2, 0.25) is 5.75 Å². The monoisotopic (exact) mass is 357 g/mol. The Morgan fingerprint density at radius 3 is 2.46 bits per heavy atom. The molecular formula is C18H28ClNO4. The minimum Gasteiger partial charge on any atom is -0.493 e. The molecule has 0 spiro atoms. The Morgan fingerprint density at radius 2 is 1.79 bits per heavy atom. The zero-order valence-electron chi connectivity index (χ0n) is 14.6. The van der Waals surface area contributed by atoms with Crippen LogP contribution >= 0.6 is 12.4 Å². The lowest BCUT2D eigenvalue weighted by Crippen LogP contribution is -2.53. The third-order valence-corrected chi connectivity index (χ3v) is 5.46. The first-order valence-corrected chi connectivity index (χ1v) is 8.39. The third-order valence-electron chi connectivity index (χ3n) is 5.46. The Balaban J connectivity index is 0.00000208. The number of benzene rings is 1. The van der Waals surface area contributed by atoms with Gasteiger partial charge in [-0.25, -0.2) is 0 Å². The SMILES string of the molecule is COc1ccc(C2NCCC3(O)CCCCC23)c(OC)c1OC.Cl. The summed E-state index contributed by atoms with van der Waals surface area (Å²) in [7, 11) is 4.89. The van der Waals surface area contributed by atoms with Crippen LogP contribution in [0.5, 0.6) is 17.2 Å². The molecular weight excluding hydrogens is 330 g/mol. The summed E-state index contributed by atoms with van der Waals surface area (Å²) >= 11 is 0.